The lowest BCUT2D eigenvalue weighted by Gasteiger charge is -2.49. The van der Waals surface area contributed by atoms with E-state index >= 15 is 0 Å². The summed E-state index contributed by atoms with van der Waals surface area (Å²) in [5.74, 6) is 0.160. The first-order valence-electron chi connectivity index (χ1n) is 6.77. The number of likely N-dealkylation sites (tertiary alicyclic amines) is 1. The molecule has 0 spiro atoms. The molecule has 3 N–H and O–H groups in total. The summed E-state index contributed by atoms with van der Waals surface area (Å²) < 4.78 is 0. The summed E-state index contributed by atoms with van der Waals surface area (Å²) in [6.07, 6.45) is 0.825. The predicted molar refractivity (Wildman–Crippen MR) is 74.9 cm³/mol. The summed E-state index contributed by atoms with van der Waals surface area (Å²) in [5.41, 5.74) is 6.59. The first kappa shape index (κ1) is 14.0. The third-order valence-electron chi connectivity index (χ3n) is 3.93. The first-order chi connectivity index (χ1) is 8.96. The molecule has 0 aromatic heterocycles. The van der Waals surface area contributed by atoms with Crippen LogP contribution in [0.25, 0.3) is 0 Å². The molecule has 1 aliphatic rings. The molecule has 19 heavy (non-hydrogen) atoms. The van der Waals surface area contributed by atoms with E-state index in [2.05, 4.69) is 0 Å². The van der Waals surface area contributed by atoms with Gasteiger partial charge in [0.15, 0.2) is 0 Å². The van der Waals surface area contributed by atoms with E-state index in [-0.39, 0.29) is 11.8 Å². The molecule has 1 fully saturated rings. The number of rotatable bonds is 4. The van der Waals surface area contributed by atoms with Crippen LogP contribution in [0.1, 0.15) is 29.8 Å². The van der Waals surface area contributed by atoms with Crippen molar-refractivity contribution in [3.8, 4) is 0 Å². The van der Waals surface area contributed by atoms with Crippen LogP contribution >= 0.6 is 0 Å². The van der Waals surface area contributed by atoms with E-state index < -0.39 is 5.60 Å². The van der Waals surface area contributed by atoms with Gasteiger partial charge in [-0.3, -0.25) is 4.79 Å². The van der Waals surface area contributed by atoms with Gasteiger partial charge >= 0.3 is 0 Å². The van der Waals surface area contributed by atoms with Gasteiger partial charge in [-0.25, -0.2) is 0 Å². The second-order valence-electron chi connectivity index (χ2n) is 5.66. The molecule has 104 valence electrons. The van der Waals surface area contributed by atoms with E-state index in [1.807, 2.05) is 38.1 Å². The van der Waals surface area contributed by atoms with Crippen LogP contribution in [0.5, 0.6) is 0 Å². The quantitative estimate of drug-likeness (QED) is 0.851. The fourth-order valence-electron chi connectivity index (χ4n) is 2.29. The van der Waals surface area contributed by atoms with Gasteiger partial charge in [-0.1, -0.05) is 26.0 Å². The number of amides is 1. The summed E-state index contributed by atoms with van der Waals surface area (Å²) in [4.78, 5) is 13.9. The maximum absolute atomic E-state index is 12.2. The minimum Gasteiger partial charge on any atom is -0.386 e. The summed E-state index contributed by atoms with van der Waals surface area (Å²) >= 11 is 0. The van der Waals surface area contributed by atoms with Crippen molar-refractivity contribution in [1.29, 1.82) is 0 Å². The molecule has 1 aliphatic heterocycles. The number of hydrogen-bond donors (Lipinski definition) is 2. The molecule has 0 radical (unpaired) electrons. The lowest BCUT2D eigenvalue weighted by Crippen LogP contribution is -2.65. The van der Waals surface area contributed by atoms with Crippen molar-refractivity contribution < 1.29 is 9.90 Å². The third kappa shape index (κ3) is 2.80. The highest BCUT2D eigenvalue weighted by atomic mass is 16.3. The number of aliphatic hydroxyl groups is 1. The van der Waals surface area contributed by atoms with Gasteiger partial charge in [-0.15, -0.1) is 0 Å². The van der Waals surface area contributed by atoms with E-state index in [1.165, 1.54) is 0 Å². The fraction of sp³-hybridized carbons (Fsp3) is 0.533. The number of hydrogen-bond acceptors (Lipinski definition) is 3. The molecule has 1 heterocycles. The molecular weight excluding hydrogens is 240 g/mol. The molecule has 2 rings (SSSR count). The Morgan fingerprint density at radius 3 is 2.42 bits per heavy atom. The van der Waals surface area contributed by atoms with Crippen LogP contribution in [0, 0.1) is 5.92 Å². The van der Waals surface area contributed by atoms with Gasteiger partial charge in [-0.05, 0) is 36.6 Å². The molecule has 1 saturated heterocycles. The number of nitrogens with zero attached hydrogens (tertiary/aromatic N) is 1. The monoisotopic (exact) mass is 262 g/mol. The van der Waals surface area contributed by atoms with Crippen LogP contribution in [0.15, 0.2) is 24.3 Å². The fourth-order valence-corrected chi connectivity index (χ4v) is 2.29. The normalized spacial score (nSPS) is 17.4. The zero-order valence-electron chi connectivity index (χ0n) is 11.6. The number of benzene rings is 1. The first-order valence-corrected chi connectivity index (χ1v) is 6.77. The molecular formula is C15H22N2O2. The van der Waals surface area contributed by atoms with Gasteiger partial charge in [-0.2, -0.15) is 0 Å². The summed E-state index contributed by atoms with van der Waals surface area (Å²) in [5, 5.41) is 10.2. The van der Waals surface area contributed by atoms with Crippen molar-refractivity contribution in [1.82, 2.24) is 4.90 Å². The molecule has 0 saturated carbocycles. The molecule has 0 bridgehead atoms. The average molecular weight is 262 g/mol. The maximum Gasteiger partial charge on any atom is 0.254 e. The summed E-state index contributed by atoms with van der Waals surface area (Å²) in [7, 11) is 0. The Kier molecular flexibility index (Phi) is 3.92. The van der Waals surface area contributed by atoms with Gasteiger partial charge in [0.25, 0.3) is 5.91 Å². The highest BCUT2D eigenvalue weighted by Gasteiger charge is 2.45. The zero-order valence-corrected chi connectivity index (χ0v) is 11.6. The lowest BCUT2D eigenvalue weighted by molar-refractivity contribution is -0.110. The molecule has 1 amide bonds. The highest BCUT2D eigenvalue weighted by molar-refractivity contribution is 5.95. The van der Waals surface area contributed by atoms with E-state index in [0.717, 1.165) is 12.0 Å². The summed E-state index contributed by atoms with van der Waals surface area (Å²) in [6, 6.07) is 7.54. The van der Waals surface area contributed by atoms with Crippen molar-refractivity contribution in [3.05, 3.63) is 35.4 Å². The topological polar surface area (TPSA) is 66.6 Å². The Morgan fingerprint density at radius 1 is 1.37 bits per heavy atom. The Bertz CT molecular complexity index is 448. The minimum atomic E-state index is -0.713. The Morgan fingerprint density at radius 2 is 1.95 bits per heavy atom. The third-order valence-corrected chi connectivity index (χ3v) is 3.93. The summed E-state index contributed by atoms with van der Waals surface area (Å²) in [6.45, 7) is 5.41. The van der Waals surface area contributed by atoms with Crippen LogP contribution in [0.4, 0.5) is 0 Å². The van der Waals surface area contributed by atoms with Crippen LogP contribution in [-0.2, 0) is 6.42 Å². The Balaban J connectivity index is 1.98. The van der Waals surface area contributed by atoms with E-state index in [1.54, 1.807) is 4.90 Å². The molecule has 0 atom stereocenters. The maximum atomic E-state index is 12.2. The van der Waals surface area contributed by atoms with Crippen LogP contribution in [0.3, 0.4) is 0 Å². The Labute approximate surface area is 114 Å². The number of β-amino-alcohol motifs (C(OH)–C–C–N with tert-alkyl or cyclic N) is 1. The second-order valence-corrected chi connectivity index (χ2v) is 5.66. The largest absolute Gasteiger partial charge is 0.386 e. The highest BCUT2D eigenvalue weighted by Crippen LogP contribution is 2.29. The Hall–Kier alpha value is -1.39. The van der Waals surface area contributed by atoms with Gasteiger partial charge in [0, 0.05) is 5.56 Å². The molecule has 1 aromatic carbocycles. The molecule has 4 nitrogen and oxygen atoms in total. The van der Waals surface area contributed by atoms with Crippen LogP contribution in [-0.4, -0.2) is 41.1 Å². The van der Waals surface area contributed by atoms with Gasteiger partial charge < -0.3 is 15.7 Å². The van der Waals surface area contributed by atoms with E-state index in [0.29, 0.717) is 25.2 Å². The number of carbonyl (C=O) groups is 1. The van der Waals surface area contributed by atoms with Crippen molar-refractivity contribution in [2.45, 2.75) is 25.9 Å². The molecule has 0 aliphatic carbocycles. The van der Waals surface area contributed by atoms with E-state index in [9.17, 15) is 9.90 Å². The standard InChI is InChI=1S/C15H22N2O2/c1-11(2)15(19)9-17(10-15)14(18)13-5-3-12(4-6-13)7-8-16/h3-6,11,19H,7-10,16H2,1-2H3. The van der Waals surface area contributed by atoms with Gasteiger partial charge in [0.05, 0.1) is 13.1 Å². The van der Waals surface area contributed by atoms with Crippen molar-refractivity contribution in [3.63, 3.8) is 0 Å². The van der Waals surface area contributed by atoms with Crippen molar-refractivity contribution >= 4 is 5.91 Å². The van der Waals surface area contributed by atoms with Crippen LogP contribution < -0.4 is 5.73 Å². The minimum absolute atomic E-state index is 0.00961. The van der Waals surface area contributed by atoms with Crippen LogP contribution in [0.2, 0.25) is 0 Å². The zero-order chi connectivity index (χ0) is 14.0. The van der Waals surface area contributed by atoms with E-state index in [4.69, 9.17) is 5.73 Å². The molecule has 1 aromatic rings. The van der Waals surface area contributed by atoms with Gasteiger partial charge in [0.1, 0.15) is 5.60 Å². The smallest absolute Gasteiger partial charge is 0.254 e. The average Bonchev–Trinajstić information content (AvgIpc) is 2.35. The lowest BCUT2D eigenvalue weighted by atomic mass is 9.82. The van der Waals surface area contributed by atoms with Gasteiger partial charge in [0.2, 0.25) is 0 Å². The van der Waals surface area contributed by atoms with Crippen molar-refractivity contribution in [2.75, 3.05) is 19.6 Å². The number of nitrogens with two attached hydrogens (primary N) is 1. The molecule has 4 heteroatoms. The SMILES string of the molecule is CC(C)C1(O)CN(C(=O)c2ccc(CCN)cc2)C1. The van der Waals surface area contributed by atoms with Crippen molar-refractivity contribution in [2.24, 2.45) is 11.7 Å². The predicted octanol–water partition coefficient (Wildman–Crippen LogP) is 1.03. The second kappa shape index (κ2) is 5.31. The number of carbonyl (C=O) groups excluding carboxylic acids is 1. The molecule has 0 unspecified atom stereocenters.